The van der Waals surface area contributed by atoms with Crippen molar-refractivity contribution in [1.29, 1.82) is 0 Å². The Bertz CT molecular complexity index is 563. The highest BCUT2D eigenvalue weighted by atomic mass is 16.4. The molecule has 0 aliphatic rings. The standard InChI is InChI=1S/C15H17NO2/c1-2-3-10-16-14-9-8-13(15(17)18)11-6-4-5-7-12(11)14/h4-9,16H,2-3,10H2,1H3,(H,17,18). The predicted octanol–water partition coefficient (Wildman–Crippen LogP) is 3.75. The van der Waals surface area contributed by atoms with E-state index in [4.69, 9.17) is 5.11 Å². The highest BCUT2D eigenvalue weighted by molar-refractivity contribution is 6.07. The van der Waals surface area contributed by atoms with Crippen LogP contribution in [0.5, 0.6) is 0 Å². The average molecular weight is 243 g/mol. The van der Waals surface area contributed by atoms with Gasteiger partial charge in [-0.15, -0.1) is 0 Å². The van der Waals surface area contributed by atoms with E-state index in [9.17, 15) is 4.79 Å². The number of hydrogen-bond donors (Lipinski definition) is 2. The van der Waals surface area contributed by atoms with Crippen LogP contribution < -0.4 is 5.32 Å². The van der Waals surface area contributed by atoms with Crippen LogP contribution in [0.1, 0.15) is 30.1 Å². The molecule has 0 saturated carbocycles. The van der Waals surface area contributed by atoms with E-state index in [1.54, 1.807) is 6.07 Å². The zero-order valence-corrected chi connectivity index (χ0v) is 10.4. The fourth-order valence-corrected chi connectivity index (χ4v) is 2.04. The van der Waals surface area contributed by atoms with Crippen molar-refractivity contribution < 1.29 is 9.90 Å². The first-order valence-electron chi connectivity index (χ1n) is 6.23. The van der Waals surface area contributed by atoms with Crippen molar-refractivity contribution in [3.05, 3.63) is 42.0 Å². The number of benzene rings is 2. The van der Waals surface area contributed by atoms with E-state index in [1.165, 1.54) is 0 Å². The molecule has 0 aromatic heterocycles. The second-order valence-electron chi connectivity index (χ2n) is 4.29. The quantitative estimate of drug-likeness (QED) is 0.786. The number of hydrogen-bond acceptors (Lipinski definition) is 2. The minimum Gasteiger partial charge on any atom is -0.478 e. The minimum absolute atomic E-state index is 0.353. The summed E-state index contributed by atoms with van der Waals surface area (Å²) in [6.07, 6.45) is 2.24. The third-order valence-corrected chi connectivity index (χ3v) is 3.00. The summed E-state index contributed by atoms with van der Waals surface area (Å²) in [4.78, 5) is 11.2. The van der Waals surface area contributed by atoms with Gasteiger partial charge < -0.3 is 10.4 Å². The Kier molecular flexibility index (Phi) is 3.82. The third kappa shape index (κ3) is 2.45. The fraction of sp³-hybridized carbons (Fsp3) is 0.267. The maximum absolute atomic E-state index is 11.2. The van der Waals surface area contributed by atoms with Gasteiger partial charge in [0.05, 0.1) is 5.56 Å². The smallest absolute Gasteiger partial charge is 0.336 e. The summed E-state index contributed by atoms with van der Waals surface area (Å²) >= 11 is 0. The van der Waals surface area contributed by atoms with Crippen LogP contribution in [0.3, 0.4) is 0 Å². The summed E-state index contributed by atoms with van der Waals surface area (Å²) in [5.74, 6) is -0.883. The molecule has 0 spiro atoms. The Morgan fingerprint density at radius 2 is 1.89 bits per heavy atom. The Morgan fingerprint density at radius 1 is 1.17 bits per heavy atom. The molecule has 0 saturated heterocycles. The molecule has 3 heteroatoms. The fourth-order valence-electron chi connectivity index (χ4n) is 2.04. The second-order valence-corrected chi connectivity index (χ2v) is 4.29. The lowest BCUT2D eigenvalue weighted by molar-refractivity contribution is 0.0699. The number of aromatic carboxylic acids is 1. The number of nitrogens with one attached hydrogen (secondary N) is 1. The Hall–Kier alpha value is -2.03. The van der Waals surface area contributed by atoms with Crippen LogP contribution in [-0.4, -0.2) is 17.6 Å². The van der Waals surface area contributed by atoms with Gasteiger partial charge in [0.1, 0.15) is 0 Å². The van der Waals surface area contributed by atoms with Crippen molar-refractivity contribution in [3.8, 4) is 0 Å². The van der Waals surface area contributed by atoms with Crippen molar-refractivity contribution in [2.24, 2.45) is 0 Å². The Labute approximate surface area is 106 Å². The summed E-state index contributed by atoms with van der Waals surface area (Å²) < 4.78 is 0. The van der Waals surface area contributed by atoms with E-state index in [-0.39, 0.29) is 0 Å². The molecule has 2 N–H and O–H groups in total. The summed E-state index contributed by atoms with van der Waals surface area (Å²) in [6, 6.07) is 11.1. The molecule has 0 aliphatic carbocycles. The summed E-state index contributed by atoms with van der Waals surface area (Å²) in [5.41, 5.74) is 1.36. The molecule has 18 heavy (non-hydrogen) atoms. The lowest BCUT2D eigenvalue weighted by Gasteiger charge is -2.11. The normalized spacial score (nSPS) is 10.5. The minimum atomic E-state index is -0.883. The van der Waals surface area contributed by atoms with Gasteiger partial charge in [-0.2, -0.15) is 0 Å². The summed E-state index contributed by atoms with van der Waals surface area (Å²) in [7, 11) is 0. The average Bonchev–Trinajstić information content (AvgIpc) is 2.38. The van der Waals surface area contributed by atoms with E-state index in [0.29, 0.717) is 5.56 Å². The van der Waals surface area contributed by atoms with E-state index in [2.05, 4.69) is 12.2 Å². The van der Waals surface area contributed by atoms with Crippen LogP contribution in [0.4, 0.5) is 5.69 Å². The SMILES string of the molecule is CCCCNc1ccc(C(=O)O)c2ccccc12. The molecule has 0 amide bonds. The lowest BCUT2D eigenvalue weighted by atomic mass is 10.0. The van der Waals surface area contributed by atoms with Crippen LogP contribution in [0.2, 0.25) is 0 Å². The highest BCUT2D eigenvalue weighted by Crippen LogP contribution is 2.26. The van der Waals surface area contributed by atoms with Crippen molar-refractivity contribution in [1.82, 2.24) is 0 Å². The van der Waals surface area contributed by atoms with Crippen LogP contribution in [-0.2, 0) is 0 Å². The van der Waals surface area contributed by atoms with Gasteiger partial charge in [-0.25, -0.2) is 4.79 Å². The molecule has 3 nitrogen and oxygen atoms in total. The third-order valence-electron chi connectivity index (χ3n) is 3.00. The summed E-state index contributed by atoms with van der Waals surface area (Å²) in [6.45, 7) is 3.06. The van der Waals surface area contributed by atoms with E-state index in [0.717, 1.165) is 35.8 Å². The topological polar surface area (TPSA) is 49.3 Å². The molecule has 0 atom stereocenters. The first-order chi connectivity index (χ1) is 8.74. The van der Waals surface area contributed by atoms with Crippen LogP contribution in [0.25, 0.3) is 10.8 Å². The lowest BCUT2D eigenvalue weighted by Crippen LogP contribution is -2.03. The van der Waals surface area contributed by atoms with Crippen LogP contribution >= 0.6 is 0 Å². The first-order valence-corrected chi connectivity index (χ1v) is 6.23. The molecule has 0 heterocycles. The number of unbranched alkanes of at least 4 members (excludes halogenated alkanes) is 1. The van der Waals surface area contributed by atoms with Crippen LogP contribution in [0.15, 0.2) is 36.4 Å². The Morgan fingerprint density at radius 3 is 2.56 bits per heavy atom. The Balaban J connectivity index is 2.44. The van der Waals surface area contributed by atoms with E-state index in [1.807, 2.05) is 30.3 Å². The first kappa shape index (κ1) is 12.4. The van der Waals surface area contributed by atoms with Crippen molar-refractivity contribution in [2.45, 2.75) is 19.8 Å². The predicted molar refractivity (Wildman–Crippen MR) is 74.3 cm³/mol. The largest absolute Gasteiger partial charge is 0.478 e. The maximum Gasteiger partial charge on any atom is 0.336 e. The van der Waals surface area contributed by atoms with Gasteiger partial charge in [-0.1, -0.05) is 37.6 Å². The van der Waals surface area contributed by atoms with E-state index >= 15 is 0 Å². The maximum atomic E-state index is 11.2. The van der Waals surface area contributed by atoms with Gasteiger partial charge in [0.15, 0.2) is 0 Å². The van der Waals surface area contributed by atoms with Gasteiger partial charge >= 0.3 is 5.97 Å². The summed E-state index contributed by atoms with van der Waals surface area (Å²) in [5, 5.41) is 14.3. The van der Waals surface area contributed by atoms with Gasteiger partial charge in [-0.05, 0) is 23.9 Å². The molecule has 2 rings (SSSR count). The van der Waals surface area contributed by atoms with Gasteiger partial charge in [0.25, 0.3) is 0 Å². The molecule has 0 bridgehead atoms. The van der Waals surface area contributed by atoms with Crippen molar-refractivity contribution in [2.75, 3.05) is 11.9 Å². The molecule has 0 aliphatic heterocycles. The van der Waals surface area contributed by atoms with Gasteiger partial charge in [0.2, 0.25) is 0 Å². The molecule has 0 unspecified atom stereocenters. The molecule has 0 fully saturated rings. The van der Waals surface area contributed by atoms with Crippen molar-refractivity contribution in [3.63, 3.8) is 0 Å². The molecular formula is C15H17NO2. The van der Waals surface area contributed by atoms with Gasteiger partial charge in [-0.3, -0.25) is 0 Å². The number of carboxylic acid groups (broad SMARTS) is 1. The zero-order valence-electron chi connectivity index (χ0n) is 10.4. The molecule has 94 valence electrons. The highest BCUT2D eigenvalue weighted by Gasteiger charge is 2.10. The molecule has 0 radical (unpaired) electrons. The molecule has 2 aromatic rings. The van der Waals surface area contributed by atoms with Crippen molar-refractivity contribution >= 4 is 22.4 Å². The van der Waals surface area contributed by atoms with Gasteiger partial charge in [0, 0.05) is 17.6 Å². The number of rotatable bonds is 5. The number of anilines is 1. The number of carboxylic acids is 1. The number of carbonyl (C=O) groups is 1. The number of fused-ring (bicyclic) bond motifs is 1. The van der Waals surface area contributed by atoms with E-state index < -0.39 is 5.97 Å². The zero-order chi connectivity index (χ0) is 13.0. The molecule has 2 aromatic carbocycles. The monoisotopic (exact) mass is 243 g/mol. The van der Waals surface area contributed by atoms with Crippen LogP contribution in [0, 0.1) is 0 Å². The second kappa shape index (κ2) is 5.54. The molecular weight excluding hydrogens is 226 g/mol.